The maximum absolute atomic E-state index is 12.9. The van der Waals surface area contributed by atoms with Crippen LogP contribution in [0.25, 0.3) is 10.9 Å². The molecular weight excluding hydrogens is 465 g/mol. The average molecular weight is 490 g/mol. The minimum absolute atomic E-state index is 0.0807. The summed E-state index contributed by atoms with van der Waals surface area (Å²) in [5.74, 6) is -0.582. The first-order valence-electron chi connectivity index (χ1n) is 11.0. The van der Waals surface area contributed by atoms with E-state index >= 15 is 0 Å². The lowest BCUT2D eigenvalue weighted by Crippen LogP contribution is -2.34. The minimum Gasteiger partial charge on any atom is -0.494 e. The molecule has 0 atom stereocenters. The Morgan fingerprint density at radius 3 is 2.51 bits per heavy atom. The van der Waals surface area contributed by atoms with E-state index in [0.717, 1.165) is 25.0 Å². The van der Waals surface area contributed by atoms with E-state index in [1.54, 1.807) is 12.1 Å². The van der Waals surface area contributed by atoms with Crippen LogP contribution in [-0.2, 0) is 15.7 Å². The van der Waals surface area contributed by atoms with Crippen LogP contribution in [0, 0.1) is 5.41 Å². The highest BCUT2D eigenvalue weighted by Crippen LogP contribution is 2.42. The third-order valence-electron chi connectivity index (χ3n) is 6.45. The number of benzene rings is 1. The van der Waals surface area contributed by atoms with Crippen LogP contribution in [0.3, 0.4) is 0 Å². The van der Waals surface area contributed by atoms with Crippen LogP contribution in [0.1, 0.15) is 54.8 Å². The van der Waals surface area contributed by atoms with Gasteiger partial charge >= 0.3 is 12.1 Å². The quantitative estimate of drug-likeness (QED) is 0.506. The van der Waals surface area contributed by atoms with Gasteiger partial charge in [0.05, 0.1) is 25.7 Å². The maximum Gasteiger partial charge on any atom is 0.433 e. The summed E-state index contributed by atoms with van der Waals surface area (Å²) < 4.78 is 51.1. The second-order valence-electron chi connectivity index (χ2n) is 8.87. The van der Waals surface area contributed by atoms with Crippen molar-refractivity contribution in [3.8, 4) is 5.75 Å². The summed E-state index contributed by atoms with van der Waals surface area (Å²) in [6.07, 6.45) is 0.00724. The number of esters is 1. The van der Waals surface area contributed by atoms with Crippen molar-refractivity contribution in [2.24, 2.45) is 5.41 Å². The molecule has 1 saturated carbocycles. The molecule has 1 aliphatic carbocycles. The molecule has 0 saturated heterocycles. The van der Waals surface area contributed by atoms with Gasteiger partial charge in [-0.1, -0.05) is 6.07 Å². The van der Waals surface area contributed by atoms with Crippen LogP contribution in [0.4, 0.5) is 18.9 Å². The molecule has 0 unspecified atom stereocenters. The normalized spacial score (nSPS) is 20.5. The van der Waals surface area contributed by atoms with Crippen molar-refractivity contribution in [2.45, 2.75) is 44.8 Å². The van der Waals surface area contributed by atoms with E-state index in [0.29, 0.717) is 35.2 Å². The summed E-state index contributed by atoms with van der Waals surface area (Å²) in [5, 5.41) is 7.94. The summed E-state index contributed by atoms with van der Waals surface area (Å²) in [6.45, 7) is 1.91. The Kier molecular flexibility index (Phi) is 6.44. The number of amides is 1. The number of anilines is 1. The number of pyridine rings is 1. The van der Waals surface area contributed by atoms with E-state index in [-0.39, 0.29) is 17.7 Å². The number of nitrogens with zero attached hydrogens (tertiary/aromatic N) is 3. The summed E-state index contributed by atoms with van der Waals surface area (Å²) in [5.41, 5.74) is -1.09. The van der Waals surface area contributed by atoms with Crippen LogP contribution in [0.2, 0.25) is 0 Å². The molecular formula is C24H25F3N4O4. The Hall–Kier alpha value is -3.63. The fourth-order valence-corrected chi connectivity index (χ4v) is 4.41. The van der Waals surface area contributed by atoms with Crippen LogP contribution in [-0.4, -0.2) is 40.9 Å². The zero-order valence-electron chi connectivity index (χ0n) is 19.5. The number of alkyl halides is 3. The van der Waals surface area contributed by atoms with E-state index in [9.17, 15) is 22.8 Å². The topological polar surface area (TPSA) is 95.3 Å². The molecule has 3 aromatic rings. The Balaban J connectivity index is 1.56. The van der Waals surface area contributed by atoms with Crippen molar-refractivity contribution in [3.05, 3.63) is 47.9 Å². The molecule has 2 aromatic heterocycles. The number of ether oxygens (including phenoxy) is 2. The molecule has 186 valence electrons. The molecule has 0 aliphatic heterocycles. The molecule has 0 radical (unpaired) electrons. The molecule has 1 aromatic carbocycles. The molecule has 1 amide bonds. The summed E-state index contributed by atoms with van der Waals surface area (Å²) in [4.78, 5) is 28.1. The first-order valence-corrected chi connectivity index (χ1v) is 11.0. The average Bonchev–Trinajstić information content (AvgIpc) is 3.27. The van der Waals surface area contributed by atoms with Gasteiger partial charge in [0.2, 0.25) is 0 Å². The van der Waals surface area contributed by atoms with Crippen molar-refractivity contribution >= 4 is 28.5 Å². The van der Waals surface area contributed by atoms with Gasteiger partial charge in [0.1, 0.15) is 22.7 Å². The molecule has 0 bridgehead atoms. The SMILES string of the molecule is COC(=O)C1(C)CCC(n2cc3cc(NC(=O)c4cccc(C(F)(F)F)n4)cc(OC)c3n2)CC1. The summed E-state index contributed by atoms with van der Waals surface area (Å²) in [7, 11) is 2.86. The standard InChI is InChI=1S/C24H25F3N4O4/c1-23(22(33)35-3)9-7-16(8-10-23)31-13-14-11-15(12-18(34-2)20(14)30-31)28-21(32)17-5-4-6-19(29-17)24(25,26)27/h4-6,11-13,16H,7-10H2,1-3H3,(H,28,32). The predicted molar refractivity (Wildman–Crippen MR) is 121 cm³/mol. The number of halogens is 3. The van der Waals surface area contributed by atoms with Crippen LogP contribution >= 0.6 is 0 Å². The zero-order chi connectivity index (χ0) is 25.4. The van der Waals surface area contributed by atoms with Crippen molar-refractivity contribution < 1.29 is 32.2 Å². The number of carbonyl (C=O) groups is 2. The molecule has 11 heteroatoms. The molecule has 4 rings (SSSR count). The van der Waals surface area contributed by atoms with Gasteiger partial charge in [0, 0.05) is 23.3 Å². The van der Waals surface area contributed by atoms with E-state index in [2.05, 4.69) is 15.4 Å². The van der Waals surface area contributed by atoms with E-state index in [4.69, 9.17) is 9.47 Å². The molecule has 8 nitrogen and oxygen atoms in total. The number of methoxy groups -OCH3 is 2. The molecule has 35 heavy (non-hydrogen) atoms. The number of fused-ring (bicyclic) bond motifs is 1. The number of hydrogen-bond acceptors (Lipinski definition) is 6. The fraction of sp³-hybridized carbons (Fsp3) is 0.417. The summed E-state index contributed by atoms with van der Waals surface area (Å²) in [6, 6.07) is 6.46. The van der Waals surface area contributed by atoms with Gasteiger partial charge < -0.3 is 14.8 Å². The molecule has 0 spiro atoms. The van der Waals surface area contributed by atoms with Gasteiger partial charge in [-0.15, -0.1) is 0 Å². The Bertz CT molecular complexity index is 1260. The first-order chi connectivity index (χ1) is 16.5. The van der Waals surface area contributed by atoms with Gasteiger partial charge in [-0.2, -0.15) is 18.3 Å². The van der Waals surface area contributed by atoms with Gasteiger partial charge in [-0.3, -0.25) is 14.3 Å². The van der Waals surface area contributed by atoms with E-state index in [1.807, 2.05) is 17.8 Å². The molecule has 2 heterocycles. The van der Waals surface area contributed by atoms with Crippen LogP contribution < -0.4 is 10.1 Å². The smallest absolute Gasteiger partial charge is 0.433 e. The van der Waals surface area contributed by atoms with Crippen molar-refractivity contribution in [2.75, 3.05) is 19.5 Å². The lowest BCUT2D eigenvalue weighted by molar-refractivity contribution is -0.154. The Morgan fingerprint density at radius 2 is 1.89 bits per heavy atom. The lowest BCUT2D eigenvalue weighted by Gasteiger charge is -2.34. The third-order valence-corrected chi connectivity index (χ3v) is 6.45. The lowest BCUT2D eigenvalue weighted by atomic mass is 9.74. The number of aromatic nitrogens is 3. The molecule has 1 N–H and O–H groups in total. The highest BCUT2D eigenvalue weighted by molar-refractivity contribution is 6.04. The second-order valence-corrected chi connectivity index (χ2v) is 8.87. The minimum atomic E-state index is -4.65. The van der Waals surface area contributed by atoms with Gasteiger partial charge in [0.15, 0.2) is 0 Å². The summed E-state index contributed by atoms with van der Waals surface area (Å²) >= 11 is 0. The monoisotopic (exact) mass is 490 g/mol. The highest BCUT2D eigenvalue weighted by atomic mass is 19.4. The van der Waals surface area contributed by atoms with E-state index in [1.165, 1.54) is 20.3 Å². The molecule has 1 fully saturated rings. The van der Waals surface area contributed by atoms with E-state index < -0.39 is 23.2 Å². The molecule has 1 aliphatic rings. The number of hydrogen-bond donors (Lipinski definition) is 1. The second kappa shape index (κ2) is 9.20. The fourth-order valence-electron chi connectivity index (χ4n) is 4.41. The van der Waals surface area contributed by atoms with Crippen LogP contribution in [0.15, 0.2) is 36.5 Å². The maximum atomic E-state index is 12.9. The van der Waals surface area contributed by atoms with Gasteiger partial charge in [0.25, 0.3) is 5.91 Å². The highest BCUT2D eigenvalue weighted by Gasteiger charge is 2.39. The first kappa shape index (κ1) is 24.5. The Morgan fingerprint density at radius 1 is 1.17 bits per heavy atom. The number of nitrogens with one attached hydrogen (secondary N) is 1. The largest absolute Gasteiger partial charge is 0.494 e. The van der Waals surface area contributed by atoms with Crippen molar-refractivity contribution in [1.29, 1.82) is 0 Å². The Labute approximate surface area is 199 Å². The predicted octanol–water partition coefficient (Wildman–Crippen LogP) is 5.01. The van der Waals surface area contributed by atoms with Gasteiger partial charge in [-0.25, -0.2) is 4.98 Å². The zero-order valence-corrected chi connectivity index (χ0v) is 19.5. The number of rotatable bonds is 5. The van der Waals surface area contributed by atoms with Gasteiger partial charge in [-0.05, 0) is 50.8 Å². The van der Waals surface area contributed by atoms with Crippen LogP contribution in [0.5, 0.6) is 5.75 Å². The number of carbonyl (C=O) groups excluding carboxylic acids is 2. The van der Waals surface area contributed by atoms with Crippen molar-refractivity contribution in [3.63, 3.8) is 0 Å². The third kappa shape index (κ3) is 4.94. The van der Waals surface area contributed by atoms with Crippen molar-refractivity contribution in [1.82, 2.24) is 14.8 Å².